The molecule has 0 aliphatic carbocycles. The van der Waals surface area contributed by atoms with Gasteiger partial charge in [0.25, 0.3) is 0 Å². The highest BCUT2D eigenvalue weighted by molar-refractivity contribution is 6.02. The van der Waals surface area contributed by atoms with Crippen molar-refractivity contribution in [3.63, 3.8) is 0 Å². The first kappa shape index (κ1) is 25.6. The first-order valence-electron chi connectivity index (χ1n) is 13.3. The van der Waals surface area contributed by atoms with Crippen LogP contribution in [0.2, 0.25) is 0 Å². The van der Waals surface area contributed by atoms with Crippen LogP contribution in [-0.2, 0) is 6.42 Å². The molecule has 6 rings (SSSR count). The predicted octanol–water partition coefficient (Wildman–Crippen LogP) is 4.28. The number of halogens is 2. The molecule has 0 bridgehead atoms. The maximum Gasteiger partial charge on any atom is 0.228 e. The number of aromatic hydroxyl groups is 1. The smallest absolute Gasteiger partial charge is 0.228 e. The molecule has 39 heavy (non-hydrogen) atoms. The van der Waals surface area contributed by atoms with Gasteiger partial charge < -0.3 is 25.7 Å². The van der Waals surface area contributed by atoms with Crippen molar-refractivity contribution < 1.29 is 19.0 Å². The number of fused-ring (bicyclic) bond motifs is 2. The molecular formula is C29H32F2N6O2. The number of phenols is 1. The summed E-state index contributed by atoms with van der Waals surface area (Å²) >= 11 is 0. The minimum atomic E-state index is -0.907. The van der Waals surface area contributed by atoms with Crippen LogP contribution >= 0.6 is 0 Å². The fraction of sp³-hybridized carbons (Fsp3) is 0.414. The fourth-order valence-electron chi connectivity index (χ4n) is 6.00. The summed E-state index contributed by atoms with van der Waals surface area (Å²) in [5.74, 6) is -0.308. The Bertz CT molecular complexity index is 1620. The van der Waals surface area contributed by atoms with Crippen LogP contribution < -0.4 is 15.5 Å². The number of hydrogen-bond acceptors (Lipinski definition) is 8. The molecule has 2 saturated heterocycles. The number of pyridine rings is 1. The normalized spacial score (nSPS) is 21.0. The number of phenolic OH excluding ortho intramolecular Hbond substituents is 1. The molecule has 2 aliphatic heterocycles. The van der Waals surface area contributed by atoms with Crippen molar-refractivity contribution >= 4 is 33.4 Å². The average Bonchev–Trinajstić information content (AvgIpc) is 2.86. The predicted molar refractivity (Wildman–Crippen MR) is 148 cm³/mol. The van der Waals surface area contributed by atoms with E-state index in [0.717, 1.165) is 6.42 Å². The van der Waals surface area contributed by atoms with Crippen molar-refractivity contribution in [3.05, 3.63) is 47.7 Å². The van der Waals surface area contributed by atoms with Crippen LogP contribution in [0.5, 0.6) is 5.75 Å². The van der Waals surface area contributed by atoms with E-state index in [0.29, 0.717) is 78.1 Å². The lowest BCUT2D eigenvalue weighted by atomic mass is 9.94. The van der Waals surface area contributed by atoms with Gasteiger partial charge in [-0.25, -0.2) is 13.8 Å². The van der Waals surface area contributed by atoms with Crippen LogP contribution in [-0.4, -0.2) is 62.5 Å². The number of benzene rings is 2. The summed E-state index contributed by atoms with van der Waals surface area (Å²) in [6.45, 7) is 7.58. The highest BCUT2D eigenvalue weighted by Gasteiger charge is 2.38. The van der Waals surface area contributed by atoms with Crippen molar-refractivity contribution in [3.8, 4) is 17.0 Å². The maximum absolute atomic E-state index is 16.5. The van der Waals surface area contributed by atoms with E-state index in [4.69, 9.17) is 10.7 Å². The second kappa shape index (κ2) is 8.96. The van der Waals surface area contributed by atoms with Crippen molar-refractivity contribution in [2.45, 2.75) is 51.2 Å². The monoisotopic (exact) mass is 534 g/mol. The number of aryl methyl sites for hydroxylation is 1. The number of β-amino-alcohol motifs (C(OH)–C–C–N with tert-alkyl or cyclic N) is 1. The molecule has 4 heterocycles. The zero-order valence-corrected chi connectivity index (χ0v) is 22.3. The van der Waals surface area contributed by atoms with Crippen molar-refractivity contribution in [2.24, 2.45) is 5.73 Å². The number of rotatable bonds is 4. The van der Waals surface area contributed by atoms with Crippen molar-refractivity contribution in [1.29, 1.82) is 0 Å². The van der Waals surface area contributed by atoms with Gasteiger partial charge in [0.2, 0.25) is 5.95 Å². The van der Waals surface area contributed by atoms with Crippen LogP contribution in [0, 0.1) is 11.6 Å². The molecule has 10 heteroatoms. The molecule has 204 valence electrons. The Morgan fingerprint density at radius 3 is 2.54 bits per heavy atom. The van der Waals surface area contributed by atoms with Gasteiger partial charge >= 0.3 is 0 Å². The van der Waals surface area contributed by atoms with Gasteiger partial charge in [-0.2, -0.15) is 4.98 Å². The molecule has 0 spiro atoms. The molecule has 0 amide bonds. The Morgan fingerprint density at radius 2 is 1.85 bits per heavy atom. The average molecular weight is 535 g/mol. The molecule has 0 unspecified atom stereocenters. The standard InChI is InChI=1S/C29H32F2N6O2/c1-4-18-21(30)7-6-16-10-17(38)11-19(22(16)18)24-23(31)25-20(12-33-24)26(36-9-5-8-29(3,39)15-36)35-27(34-25)37-13-28(2,32)14-37/h6-7,10-12,38-39H,4-5,8-9,13-15,32H2,1-3H3/t29-/m1/s1. The summed E-state index contributed by atoms with van der Waals surface area (Å²) in [5.41, 5.74) is 5.69. The Balaban J connectivity index is 1.59. The SMILES string of the molecule is CCc1c(F)ccc2cc(O)cc(-c3ncc4c(N5CCC[C@@](C)(O)C5)nc(N5CC(C)(N)C5)nc4c3F)c12. The molecule has 2 aliphatic rings. The van der Waals surface area contributed by atoms with E-state index in [1.54, 1.807) is 13.0 Å². The van der Waals surface area contributed by atoms with E-state index >= 15 is 4.39 Å². The van der Waals surface area contributed by atoms with Gasteiger partial charge in [-0.05, 0) is 67.6 Å². The number of aromatic nitrogens is 3. The third-order valence-corrected chi connectivity index (χ3v) is 7.78. The van der Waals surface area contributed by atoms with Crippen LogP contribution in [0.25, 0.3) is 32.9 Å². The van der Waals surface area contributed by atoms with Crippen LogP contribution in [0.3, 0.4) is 0 Å². The summed E-state index contributed by atoms with van der Waals surface area (Å²) in [5, 5.41) is 22.7. The number of anilines is 2. The van der Waals surface area contributed by atoms with Gasteiger partial charge in [0.05, 0.1) is 11.0 Å². The lowest BCUT2D eigenvalue weighted by Gasteiger charge is -2.45. The number of piperidine rings is 1. The minimum Gasteiger partial charge on any atom is -0.508 e. The van der Waals surface area contributed by atoms with E-state index in [1.165, 1.54) is 24.4 Å². The first-order valence-corrected chi connectivity index (χ1v) is 13.3. The van der Waals surface area contributed by atoms with Gasteiger partial charge in [0, 0.05) is 43.5 Å². The molecule has 2 fully saturated rings. The Morgan fingerprint density at radius 1 is 1.08 bits per heavy atom. The molecule has 0 radical (unpaired) electrons. The van der Waals surface area contributed by atoms with Gasteiger partial charge in [-0.15, -0.1) is 0 Å². The summed E-state index contributed by atoms with van der Waals surface area (Å²) < 4.78 is 31.3. The summed E-state index contributed by atoms with van der Waals surface area (Å²) in [4.78, 5) is 17.8. The number of nitrogens with two attached hydrogens (primary N) is 1. The van der Waals surface area contributed by atoms with E-state index in [-0.39, 0.29) is 17.0 Å². The lowest BCUT2D eigenvalue weighted by Crippen LogP contribution is -2.66. The molecule has 0 saturated carbocycles. The highest BCUT2D eigenvalue weighted by Crippen LogP contribution is 2.40. The van der Waals surface area contributed by atoms with E-state index in [9.17, 15) is 14.6 Å². The summed E-state index contributed by atoms with van der Waals surface area (Å²) in [6, 6.07) is 5.87. The molecule has 4 N–H and O–H groups in total. The van der Waals surface area contributed by atoms with Gasteiger partial charge in [0.1, 0.15) is 28.6 Å². The minimum absolute atomic E-state index is 0.0304. The van der Waals surface area contributed by atoms with Crippen LogP contribution in [0.1, 0.15) is 39.2 Å². The first-order chi connectivity index (χ1) is 18.5. The lowest BCUT2D eigenvalue weighted by molar-refractivity contribution is 0.0448. The van der Waals surface area contributed by atoms with Gasteiger partial charge in [-0.3, -0.25) is 4.98 Å². The number of hydrogen-bond donors (Lipinski definition) is 3. The fourth-order valence-corrected chi connectivity index (χ4v) is 6.00. The topological polar surface area (TPSA) is 112 Å². The van der Waals surface area contributed by atoms with Crippen molar-refractivity contribution in [1.82, 2.24) is 15.0 Å². The second-order valence-electron chi connectivity index (χ2n) is 11.5. The molecule has 8 nitrogen and oxygen atoms in total. The van der Waals surface area contributed by atoms with Crippen molar-refractivity contribution in [2.75, 3.05) is 36.0 Å². The second-order valence-corrected chi connectivity index (χ2v) is 11.5. The largest absolute Gasteiger partial charge is 0.508 e. The van der Waals surface area contributed by atoms with Gasteiger partial charge in [0.15, 0.2) is 5.82 Å². The molecule has 1 atom stereocenters. The Labute approximate surface area is 225 Å². The summed E-state index contributed by atoms with van der Waals surface area (Å²) in [7, 11) is 0. The maximum atomic E-state index is 16.5. The third kappa shape index (κ3) is 4.41. The molecule has 2 aromatic heterocycles. The zero-order valence-electron chi connectivity index (χ0n) is 22.3. The Hall–Kier alpha value is -3.63. The number of aliphatic hydroxyl groups is 1. The van der Waals surface area contributed by atoms with Gasteiger partial charge in [-0.1, -0.05) is 13.0 Å². The van der Waals surface area contributed by atoms with E-state index in [2.05, 4.69) is 9.97 Å². The Kier molecular flexibility index (Phi) is 5.89. The highest BCUT2D eigenvalue weighted by atomic mass is 19.1. The number of nitrogens with zero attached hydrogens (tertiary/aromatic N) is 5. The van der Waals surface area contributed by atoms with Crippen LogP contribution in [0.4, 0.5) is 20.5 Å². The van der Waals surface area contributed by atoms with E-state index < -0.39 is 22.8 Å². The molecule has 2 aromatic carbocycles. The third-order valence-electron chi connectivity index (χ3n) is 7.78. The molecule has 4 aromatic rings. The molecular weight excluding hydrogens is 502 g/mol. The quantitative estimate of drug-likeness (QED) is 0.356. The van der Waals surface area contributed by atoms with E-state index in [1.807, 2.05) is 23.6 Å². The zero-order chi connectivity index (χ0) is 27.7. The van der Waals surface area contributed by atoms with Crippen LogP contribution in [0.15, 0.2) is 30.5 Å². The summed E-state index contributed by atoms with van der Waals surface area (Å²) in [6.07, 6.45) is 3.33.